The molecule has 0 fully saturated rings. The monoisotopic (exact) mass is 213 g/mol. The third kappa shape index (κ3) is 2.89. The Labute approximate surface area is 85.5 Å². The third-order valence-electron chi connectivity index (χ3n) is 1.68. The van der Waals surface area contributed by atoms with E-state index in [0.29, 0.717) is 6.42 Å². The van der Waals surface area contributed by atoms with Gasteiger partial charge in [-0.15, -0.1) is 0 Å². The number of aliphatic hydroxyl groups excluding tert-OH is 1. The lowest BCUT2D eigenvalue weighted by molar-refractivity contribution is 0.222. The molecule has 0 amide bonds. The van der Waals surface area contributed by atoms with Crippen molar-refractivity contribution in [3.05, 3.63) is 29.3 Å². The molecule has 0 atom stereocenters. The van der Waals surface area contributed by atoms with Crippen molar-refractivity contribution >= 4 is 0 Å². The van der Waals surface area contributed by atoms with Gasteiger partial charge >= 0.3 is 0 Å². The Morgan fingerprint density at radius 2 is 1.93 bits per heavy atom. The molecule has 0 spiro atoms. The van der Waals surface area contributed by atoms with Crippen LogP contribution >= 0.6 is 0 Å². The molecule has 0 aliphatic heterocycles. The van der Waals surface area contributed by atoms with E-state index in [-0.39, 0.29) is 18.8 Å². The molecule has 0 aliphatic carbocycles. The molecule has 1 rings (SSSR count). The molecule has 0 radical (unpaired) electrons. The number of hydrogen-bond donors (Lipinski definition) is 1. The lowest BCUT2D eigenvalue weighted by Gasteiger charge is -2.07. The molecule has 1 aromatic rings. The molecular weight excluding hydrogens is 204 g/mol. The van der Waals surface area contributed by atoms with Crippen molar-refractivity contribution in [1.82, 2.24) is 0 Å². The van der Waals surface area contributed by atoms with Gasteiger partial charge in [0.15, 0.2) is 17.4 Å². The van der Waals surface area contributed by atoms with Gasteiger partial charge in [-0.1, -0.05) is 0 Å². The highest BCUT2D eigenvalue weighted by Gasteiger charge is 2.12. The minimum Gasteiger partial charge on any atom is -0.488 e. The molecule has 80 valence electrons. The van der Waals surface area contributed by atoms with Crippen molar-refractivity contribution in [2.24, 2.45) is 0 Å². The minimum absolute atomic E-state index is 0.0240. The van der Waals surface area contributed by atoms with Crippen LogP contribution in [0.3, 0.4) is 0 Å². The predicted octanol–water partition coefficient (Wildman–Crippen LogP) is 1.60. The topological polar surface area (TPSA) is 53.2 Å². The summed E-state index contributed by atoms with van der Waals surface area (Å²) in [7, 11) is 0. The van der Waals surface area contributed by atoms with Crippen LogP contribution in [-0.4, -0.2) is 18.3 Å². The summed E-state index contributed by atoms with van der Waals surface area (Å²) in [5.74, 6) is -2.34. The maximum atomic E-state index is 13.1. The van der Waals surface area contributed by atoms with Gasteiger partial charge in [-0.3, -0.25) is 0 Å². The molecule has 5 heteroatoms. The van der Waals surface area contributed by atoms with E-state index in [1.807, 2.05) is 0 Å². The summed E-state index contributed by atoms with van der Waals surface area (Å²) in [4.78, 5) is 0. The largest absolute Gasteiger partial charge is 0.488 e. The van der Waals surface area contributed by atoms with Gasteiger partial charge in [0.1, 0.15) is 0 Å². The lowest BCUT2D eigenvalue weighted by atomic mass is 10.2. The van der Waals surface area contributed by atoms with Gasteiger partial charge in [0.2, 0.25) is 0 Å². The number of halogens is 2. The van der Waals surface area contributed by atoms with Crippen molar-refractivity contribution in [1.29, 1.82) is 5.26 Å². The summed E-state index contributed by atoms with van der Waals surface area (Å²) in [6, 6.07) is 3.43. The van der Waals surface area contributed by atoms with Gasteiger partial charge in [0.05, 0.1) is 18.2 Å². The summed E-state index contributed by atoms with van der Waals surface area (Å²) < 4.78 is 31.1. The molecule has 0 unspecified atom stereocenters. The highest BCUT2D eigenvalue weighted by Crippen LogP contribution is 2.23. The zero-order valence-electron chi connectivity index (χ0n) is 7.83. The molecule has 1 N–H and O–H groups in total. The fourth-order valence-electron chi connectivity index (χ4n) is 1.00. The minimum atomic E-state index is -0.913. The first-order valence-electron chi connectivity index (χ1n) is 4.32. The molecule has 0 saturated carbocycles. The van der Waals surface area contributed by atoms with Crippen LogP contribution in [0.25, 0.3) is 0 Å². The fourth-order valence-corrected chi connectivity index (χ4v) is 1.00. The zero-order chi connectivity index (χ0) is 11.3. The van der Waals surface area contributed by atoms with Gasteiger partial charge < -0.3 is 9.84 Å². The van der Waals surface area contributed by atoms with E-state index < -0.39 is 17.4 Å². The number of aliphatic hydroxyl groups is 1. The van der Waals surface area contributed by atoms with Crippen molar-refractivity contribution in [2.45, 2.75) is 6.42 Å². The number of ether oxygens (including phenoxy) is 1. The smallest absolute Gasteiger partial charge is 0.190 e. The van der Waals surface area contributed by atoms with Gasteiger partial charge in [-0.2, -0.15) is 5.26 Å². The summed E-state index contributed by atoms with van der Waals surface area (Å²) in [6.45, 7) is -0.0875. The van der Waals surface area contributed by atoms with Crippen LogP contribution in [0, 0.1) is 23.0 Å². The first kappa shape index (κ1) is 11.4. The lowest BCUT2D eigenvalue weighted by Crippen LogP contribution is -2.03. The molecule has 3 nitrogen and oxygen atoms in total. The first-order valence-corrected chi connectivity index (χ1v) is 4.32. The van der Waals surface area contributed by atoms with Gasteiger partial charge in [-0.05, 0) is 12.1 Å². The summed E-state index contributed by atoms with van der Waals surface area (Å²) in [6.07, 6.45) is 0.291. The van der Waals surface area contributed by atoms with Crippen LogP contribution in [0.4, 0.5) is 8.78 Å². The second-order valence-corrected chi connectivity index (χ2v) is 2.81. The van der Waals surface area contributed by atoms with E-state index in [1.165, 1.54) is 0 Å². The number of benzene rings is 1. The van der Waals surface area contributed by atoms with Gasteiger partial charge in [-0.25, -0.2) is 8.78 Å². The second kappa shape index (κ2) is 5.27. The molecule has 0 saturated heterocycles. The first-order chi connectivity index (χ1) is 7.19. The van der Waals surface area contributed by atoms with Crippen LogP contribution in [0.15, 0.2) is 12.1 Å². The van der Waals surface area contributed by atoms with Crippen molar-refractivity contribution in [3.63, 3.8) is 0 Å². The SMILES string of the molecule is N#Cc1cc(F)c(OCCCO)c(F)c1. The number of nitrogens with zero attached hydrogens (tertiary/aromatic N) is 1. The number of nitriles is 1. The van der Waals surface area contributed by atoms with Crippen molar-refractivity contribution in [2.75, 3.05) is 13.2 Å². The van der Waals surface area contributed by atoms with Gasteiger partial charge in [0, 0.05) is 13.0 Å². The highest BCUT2D eigenvalue weighted by molar-refractivity contribution is 5.37. The molecule has 1 aromatic carbocycles. The molecule has 0 heterocycles. The summed E-state index contributed by atoms with van der Waals surface area (Å²) >= 11 is 0. The molecule has 15 heavy (non-hydrogen) atoms. The van der Waals surface area contributed by atoms with Crippen LogP contribution in [0.2, 0.25) is 0 Å². The Balaban J connectivity index is 2.85. The van der Waals surface area contributed by atoms with E-state index in [9.17, 15) is 8.78 Å². The maximum Gasteiger partial charge on any atom is 0.190 e. The molecule has 0 aromatic heterocycles. The third-order valence-corrected chi connectivity index (χ3v) is 1.68. The van der Waals surface area contributed by atoms with Crippen molar-refractivity contribution < 1.29 is 18.6 Å². The predicted molar refractivity (Wildman–Crippen MR) is 48.3 cm³/mol. The maximum absolute atomic E-state index is 13.1. The van der Waals surface area contributed by atoms with E-state index in [4.69, 9.17) is 15.1 Å². The van der Waals surface area contributed by atoms with Gasteiger partial charge in [0.25, 0.3) is 0 Å². The molecule has 0 aliphatic rings. The Hall–Kier alpha value is -1.67. The Kier molecular flexibility index (Phi) is 4.01. The van der Waals surface area contributed by atoms with E-state index >= 15 is 0 Å². The fraction of sp³-hybridized carbons (Fsp3) is 0.300. The van der Waals surface area contributed by atoms with E-state index in [0.717, 1.165) is 12.1 Å². The second-order valence-electron chi connectivity index (χ2n) is 2.81. The highest BCUT2D eigenvalue weighted by atomic mass is 19.1. The Morgan fingerprint density at radius 3 is 2.40 bits per heavy atom. The van der Waals surface area contributed by atoms with Crippen molar-refractivity contribution in [3.8, 4) is 11.8 Å². The summed E-state index contributed by atoms with van der Waals surface area (Å²) in [5.41, 5.74) is -0.0977. The Bertz CT molecular complexity index is 364. The molecule has 0 bridgehead atoms. The number of hydrogen-bond acceptors (Lipinski definition) is 3. The Morgan fingerprint density at radius 1 is 1.33 bits per heavy atom. The molecular formula is C10H9F2NO2. The van der Waals surface area contributed by atoms with E-state index in [1.54, 1.807) is 6.07 Å². The van der Waals surface area contributed by atoms with Crippen LogP contribution in [0.5, 0.6) is 5.75 Å². The van der Waals surface area contributed by atoms with Crippen LogP contribution in [-0.2, 0) is 0 Å². The van der Waals surface area contributed by atoms with Crippen LogP contribution < -0.4 is 4.74 Å². The number of rotatable bonds is 4. The summed E-state index contributed by atoms with van der Waals surface area (Å²) in [5, 5.41) is 16.9. The quantitative estimate of drug-likeness (QED) is 0.773. The standard InChI is InChI=1S/C10H9F2NO2/c11-8-4-7(6-13)5-9(12)10(8)15-3-1-2-14/h4-5,14H,1-3H2. The average molecular weight is 213 g/mol. The van der Waals surface area contributed by atoms with E-state index in [2.05, 4.69) is 0 Å². The normalized spacial score (nSPS) is 9.73. The average Bonchev–Trinajstić information content (AvgIpc) is 2.22. The van der Waals surface area contributed by atoms with Crippen LogP contribution in [0.1, 0.15) is 12.0 Å². The zero-order valence-corrected chi connectivity index (χ0v) is 7.83.